The Labute approximate surface area is 83.4 Å². The van der Waals surface area contributed by atoms with E-state index >= 15 is 0 Å². The number of nitriles is 1. The Bertz CT molecular complexity index is 377. The molecule has 0 unspecified atom stereocenters. The van der Waals surface area contributed by atoms with Crippen LogP contribution in [-0.4, -0.2) is 11.9 Å². The van der Waals surface area contributed by atoms with Crippen LogP contribution in [0.3, 0.4) is 0 Å². The van der Waals surface area contributed by atoms with Gasteiger partial charge < -0.3 is 5.32 Å². The number of hydrogen-bond acceptors (Lipinski definition) is 2. The van der Waals surface area contributed by atoms with Crippen LogP contribution in [0.15, 0.2) is 24.3 Å². The number of nitrogens with zero attached hydrogens (tertiary/aromatic N) is 1. The van der Waals surface area contributed by atoms with E-state index in [4.69, 9.17) is 5.26 Å². The predicted octanol–water partition coefficient (Wildman–Crippen LogP) is 1.70. The molecule has 0 bridgehead atoms. The SMILES string of the molecule is CC(C)NC(=O)c1cccc(C#N)c1. The smallest absolute Gasteiger partial charge is 0.251 e. The molecule has 0 saturated heterocycles. The highest BCUT2D eigenvalue weighted by Gasteiger charge is 2.06. The van der Waals surface area contributed by atoms with Crippen molar-refractivity contribution in [3.8, 4) is 6.07 Å². The molecule has 1 aromatic rings. The summed E-state index contributed by atoms with van der Waals surface area (Å²) in [6.07, 6.45) is 0. The molecular weight excluding hydrogens is 176 g/mol. The third kappa shape index (κ3) is 2.60. The summed E-state index contributed by atoms with van der Waals surface area (Å²) in [6, 6.07) is 8.75. The Balaban J connectivity index is 2.86. The summed E-state index contributed by atoms with van der Waals surface area (Å²) in [5.74, 6) is -0.142. The fraction of sp³-hybridized carbons (Fsp3) is 0.273. The average molecular weight is 188 g/mol. The van der Waals surface area contributed by atoms with Gasteiger partial charge in [0.25, 0.3) is 5.91 Å². The summed E-state index contributed by atoms with van der Waals surface area (Å²) >= 11 is 0. The molecule has 1 aromatic carbocycles. The van der Waals surface area contributed by atoms with Crippen LogP contribution in [-0.2, 0) is 0 Å². The number of amides is 1. The molecule has 0 aliphatic heterocycles. The van der Waals surface area contributed by atoms with Crippen molar-refractivity contribution < 1.29 is 4.79 Å². The molecule has 3 heteroatoms. The zero-order chi connectivity index (χ0) is 10.6. The minimum atomic E-state index is -0.142. The number of carbonyl (C=O) groups excluding carboxylic acids is 1. The van der Waals surface area contributed by atoms with E-state index in [9.17, 15) is 4.79 Å². The van der Waals surface area contributed by atoms with Gasteiger partial charge in [0.05, 0.1) is 11.6 Å². The van der Waals surface area contributed by atoms with Crippen LogP contribution in [0.1, 0.15) is 29.8 Å². The first kappa shape index (κ1) is 10.3. The average Bonchev–Trinajstić information content (AvgIpc) is 2.17. The van der Waals surface area contributed by atoms with E-state index < -0.39 is 0 Å². The first-order valence-corrected chi connectivity index (χ1v) is 4.44. The standard InChI is InChI=1S/C11H12N2O/c1-8(2)13-11(14)10-5-3-4-9(6-10)7-12/h3-6,8H,1-2H3,(H,13,14). The molecule has 0 saturated carbocycles. The van der Waals surface area contributed by atoms with E-state index in [1.54, 1.807) is 24.3 Å². The van der Waals surface area contributed by atoms with Crippen LogP contribution < -0.4 is 5.32 Å². The van der Waals surface area contributed by atoms with E-state index in [1.807, 2.05) is 19.9 Å². The highest BCUT2D eigenvalue weighted by Crippen LogP contribution is 2.04. The summed E-state index contributed by atoms with van der Waals surface area (Å²) in [5.41, 5.74) is 1.03. The van der Waals surface area contributed by atoms with Gasteiger partial charge in [-0.05, 0) is 32.0 Å². The molecule has 0 aliphatic rings. The van der Waals surface area contributed by atoms with E-state index in [0.29, 0.717) is 11.1 Å². The lowest BCUT2D eigenvalue weighted by Crippen LogP contribution is -2.30. The molecule has 72 valence electrons. The quantitative estimate of drug-likeness (QED) is 0.767. The van der Waals surface area contributed by atoms with Crippen LogP contribution in [0, 0.1) is 11.3 Å². The zero-order valence-corrected chi connectivity index (χ0v) is 8.24. The molecule has 0 spiro atoms. The van der Waals surface area contributed by atoms with Gasteiger partial charge in [-0.25, -0.2) is 0 Å². The van der Waals surface area contributed by atoms with Crippen molar-refractivity contribution >= 4 is 5.91 Å². The van der Waals surface area contributed by atoms with E-state index in [1.165, 1.54) is 0 Å². The molecular formula is C11H12N2O. The minimum Gasteiger partial charge on any atom is -0.350 e. The van der Waals surface area contributed by atoms with E-state index in [0.717, 1.165) is 0 Å². The Morgan fingerprint density at radius 2 is 2.21 bits per heavy atom. The van der Waals surface area contributed by atoms with E-state index in [-0.39, 0.29) is 11.9 Å². The third-order valence-electron chi connectivity index (χ3n) is 1.67. The topological polar surface area (TPSA) is 52.9 Å². The lowest BCUT2D eigenvalue weighted by atomic mass is 10.1. The molecule has 1 N–H and O–H groups in total. The second kappa shape index (κ2) is 4.43. The van der Waals surface area contributed by atoms with Gasteiger partial charge in [0.1, 0.15) is 0 Å². The van der Waals surface area contributed by atoms with Gasteiger partial charge in [0, 0.05) is 11.6 Å². The van der Waals surface area contributed by atoms with Gasteiger partial charge >= 0.3 is 0 Å². The lowest BCUT2D eigenvalue weighted by molar-refractivity contribution is 0.0943. The van der Waals surface area contributed by atoms with Gasteiger partial charge in [-0.15, -0.1) is 0 Å². The molecule has 0 aromatic heterocycles. The second-order valence-electron chi connectivity index (χ2n) is 3.32. The molecule has 0 radical (unpaired) electrons. The van der Waals surface area contributed by atoms with Crippen molar-refractivity contribution in [2.75, 3.05) is 0 Å². The fourth-order valence-electron chi connectivity index (χ4n) is 1.08. The monoisotopic (exact) mass is 188 g/mol. The van der Waals surface area contributed by atoms with Gasteiger partial charge in [-0.2, -0.15) is 5.26 Å². The van der Waals surface area contributed by atoms with Crippen molar-refractivity contribution in [3.63, 3.8) is 0 Å². The van der Waals surface area contributed by atoms with Gasteiger partial charge in [0.2, 0.25) is 0 Å². The minimum absolute atomic E-state index is 0.105. The zero-order valence-electron chi connectivity index (χ0n) is 8.24. The molecule has 0 aliphatic carbocycles. The number of rotatable bonds is 2. The summed E-state index contributed by atoms with van der Waals surface area (Å²) in [6.45, 7) is 3.79. The first-order chi connectivity index (χ1) is 6.63. The van der Waals surface area contributed by atoms with Gasteiger partial charge in [-0.1, -0.05) is 6.07 Å². The molecule has 1 rings (SSSR count). The van der Waals surface area contributed by atoms with Crippen molar-refractivity contribution in [2.45, 2.75) is 19.9 Å². The molecule has 14 heavy (non-hydrogen) atoms. The fourth-order valence-corrected chi connectivity index (χ4v) is 1.08. The highest BCUT2D eigenvalue weighted by atomic mass is 16.1. The highest BCUT2D eigenvalue weighted by molar-refractivity contribution is 5.94. The summed E-state index contributed by atoms with van der Waals surface area (Å²) in [4.78, 5) is 11.5. The Morgan fingerprint density at radius 1 is 1.50 bits per heavy atom. The van der Waals surface area contributed by atoms with E-state index in [2.05, 4.69) is 5.32 Å². The summed E-state index contributed by atoms with van der Waals surface area (Å²) in [5, 5.41) is 11.4. The van der Waals surface area contributed by atoms with Crippen LogP contribution in [0.2, 0.25) is 0 Å². The second-order valence-corrected chi connectivity index (χ2v) is 3.32. The largest absolute Gasteiger partial charge is 0.350 e. The Hall–Kier alpha value is -1.82. The van der Waals surface area contributed by atoms with Crippen LogP contribution in [0.5, 0.6) is 0 Å². The maximum atomic E-state index is 11.5. The normalized spacial score (nSPS) is 9.57. The Morgan fingerprint density at radius 3 is 2.79 bits per heavy atom. The number of nitrogens with one attached hydrogen (secondary N) is 1. The lowest BCUT2D eigenvalue weighted by Gasteiger charge is -2.07. The first-order valence-electron chi connectivity index (χ1n) is 4.44. The maximum Gasteiger partial charge on any atom is 0.251 e. The summed E-state index contributed by atoms with van der Waals surface area (Å²) in [7, 11) is 0. The predicted molar refractivity (Wildman–Crippen MR) is 53.8 cm³/mol. The Kier molecular flexibility index (Phi) is 3.24. The number of carbonyl (C=O) groups is 1. The van der Waals surface area contributed by atoms with Crippen LogP contribution in [0.25, 0.3) is 0 Å². The third-order valence-corrected chi connectivity index (χ3v) is 1.67. The van der Waals surface area contributed by atoms with Crippen molar-refractivity contribution in [3.05, 3.63) is 35.4 Å². The van der Waals surface area contributed by atoms with Crippen molar-refractivity contribution in [1.82, 2.24) is 5.32 Å². The molecule has 3 nitrogen and oxygen atoms in total. The van der Waals surface area contributed by atoms with Gasteiger partial charge in [0.15, 0.2) is 0 Å². The van der Waals surface area contributed by atoms with Crippen molar-refractivity contribution in [1.29, 1.82) is 5.26 Å². The molecule has 0 heterocycles. The maximum absolute atomic E-state index is 11.5. The molecule has 1 amide bonds. The van der Waals surface area contributed by atoms with Crippen LogP contribution in [0.4, 0.5) is 0 Å². The van der Waals surface area contributed by atoms with Gasteiger partial charge in [-0.3, -0.25) is 4.79 Å². The summed E-state index contributed by atoms with van der Waals surface area (Å²) < 4.78 is 0. The molecule has 0 atom stereocenters. The van der Waals surface area contributed by atoms with Crippen LogP contribution >= 0.6 is 0 Å². The van der Waals surface area contributed by atoms with Crippen molar-refractivity contribution in [2.24, 2.45) is 0 Å². The molecule has 0 fully saturated rings. The number of benzene rings is 1. The number of hydrogen-bond donors (Lipinski definition) is 1.